The Bertz CT molecular complexity index is 336. The zero-order chi connectivity index (χ0) is 11.8. The van der Waals surface area contributed by atoms with Crippen molar-refractivity contribution in [3.05, 3.63) is 23.4 Å². The molecule has 0 aliphatic carbocycles. The molecule has 0 atom stereocenters. The molecule has 0 spiro atoms. The van der Waals surface area contributed by atoms with Crippen LogP contribution in [0.15, 0.2) is 33.4 Å². The van der Waals surface area contributed by atoms with Gasteiger partial charge in [0.05, 0.1) is 0 Å². The number of hydrogen-bond donors (Lipinski definition) is 0. The van der Waals surface area contributed by atoms with Crippen LogP contribution >= 0.6 is 12.2 Å². The van der Waals surface area contributed by atoms with Crippen LogP contribution in [0.1, 0.15) is 34.1 Å². The fraction of sp³-hybridized carbons (Fsp3) is 0.417. The standard InChI is InChI=1S/C12H18N2S/c1-6-12(14-11(4)15)9(2)7-8-10(3)13-5/h7-8H,5-6H2,1-4H3/b9-7?,10-8-,14-12?. The molecule has 0 aromatic heterocycles. The molecular weight excluding hydrogens is 204 g/mol. The van der Waals surface area contributed by atoms with Gasteiger partial charge < -0.3 is 0 Å². The highest BCUT2D eigenvalue weighted by atomic mass is 32.1. The van der Waals surface area contributed by atoms with Crippen LogP contribution in [0.3, 0.4) is 0 Å². The largest absolute Gasteiger partial charge is 0.269 e. The molecule has 0 heterocycles. The molecule has 15 heavy (non-hydrogen) atoms. The molecule has 0 aromatic rings. The van der Waals surface area contributed by atoms with Gasteiger partial charge in [0.2, 0.25) is 0 Å². The molecule has 0 aliphatic heterocycles. The highest BCUT2D eigenvalue weighted by molar-refractivity contribution is 7.80. The maximum absolute atomic E-state index is 4.96. The van der Waals surface area contributed by atoms with Crippen molar-refractivity contribution >= 4 is 29.6 Å². The van der Waals surface area contributed by atoms with E-state index in [0.717, 1.165) is 23.4 Å². The lowest BCUT2D eigenvalue weighted by Gasteiger charge is -2.02. The van der Waals surface area contributed by atoms with E-state index in [1.807, 2.05) is 32.9 Å². The minimum absolute atomic E-state index is 0.669. The Kier molecular flexibility index (Phi) is 6.71. The summed E-state index contributed by atoms with van der Waals surface area (Å²) in [6.45, 7) is 11.3. The van der Waals surface area contributed by atoms with Crippen LogP contribution < -0.4 is 0 Å². The van der Waals surface area contributed by atoms with Crippen molar-refractivity contribution in [1.82, 2.24) is 0 Å². The van der Waals surface area contributed by atoms with Crippen LogP contribution in [0.25, 0.3) is 0 Å². The number of aliphatic imine (C=N–C) groups is 2. The monoisotopic (exact) mass is 222 g/mol. The third-order valence-electron chi connectivity index (χ3n) is 1.91. The van der Waals surface area contributed by atoms with Crippen LogP contribution in [0.2, 0.25) is 0 Å². The van der Waals surface area contributed by atoms with Crippen molar-refractivity contribution in [2.24, 2.45) is 9.98 Å². The van der Waals surface area contributed by atoms with E-state index in [0.29, 0.717) is 4.99 Å². The summed E-state index contributed by atoms with van der Waals surface area (Å²) in [6, 6.07) is 0. The van der Waals surface area contributed by atoms with E-state index in [4.69, 9.17) is 12.2 Å². The van der Waals surface area contributed by atoms with Crippen molar-refractivity contribution in [3.8, 4) is 0 Å². The molecular formula is C12H18N2S. The number of hydrogen-bond acceptors (Lipinski definition) is 2. The summed E-state index contributed by atoms with van der Waals surface area (Å²) in [5.41, 5.74) is 3.03. The molecule has 0 aliphatic rings. The Balaban J connectivity index is 4.88. The van der Waals surface area contributed by atoms with Crippen LogP contribution in [-0.2, 0) is 0 Å². The summed E-state index contributed by atoms with van der Waals surface area (Å²) in [5.74, 6) is 0. The van der Waals surface area contributed by atoms with E-state index < -0.39 is 0 Å². The first-order valence-electron chi connectivity index (χ1n) is 4.91. The summed E-state index contributed by atoms with van der Waals surface area (Å²) in [5, 5.41) is 0. The first-order chi connectivity index (χ1) is 7.01. The summed E-state index contributed by atoms with van der Waals surface area (Å²) < 4.78 is 0. The summed E-state index contributed by atoms with van der Waals surface area (Å²) in [4.78, 5) is 8.78. The molecule has 0 radical (unpaired) electrons. The lowest BCUT2D eigenvalue weighted by atomic mass is 10.1. The smallest absolute Gasteiger partial charge is 0.100 e. The Labute approximate surface area is 97.5 Å². The Hall–Kier alpha value is -1.09. The summed E-state index contributed by atoms with van der Waals surface area (Å²) >= 11 is 4.96. The van der Waals surface area contributed by atoms with Crippen LogP contribution in [0.5, 0.6) is 0 Å². The second-order valence-electron chi connectivity index (χ2n) is 3.25. The normalized spacial score (nSPS) is 14.0. The minimum Gasteiger partial charge on any atom is -0.269 e. The van der Waals surface area contributed by atoms with Gasteiger partial charge in [-0.2, -0.15) is 0 Å². The Morgan fingerprint density at radius 2 is 1.87 bits per heavy atom. The number of thiocarbonyl (C=S) groups is 1. The van der Waals surface area contributed by atoms with Gasteiger partial charge in [0.15, 0.2) is 0 Å². The molecule has 0 unspecified atom stereocenters. The van der Waals surface area contributed by atoms with Crippen molar-refractivity contribution in [1.29, 1.82) is 0 Å². The van der Waals surface area contributed by atoms with E-state index in [9.17, 15) is 0 Å². The molecule has 0 amide bonds. The van der Waals surface area contributed by atoms with E-state index in [2.05, 4.69) is 23.6 Å². The van der Waals surface area contributed by atoms with Gasteiger partial charge in [-0.25, -0.2) is 4.99 Å². The first kappa shape index (κ1) is 13.9. The van der Waals surface area contributed by atoms with Gasteiger partial charge in [0, 0.05) is 11.4 Å². The molecule has 2 nitrogen and oxygen atoms in total. The summed E-state index contributed by atoms with van der Waals surface area (Å²) in [6.07, 6.45) is 4.79. The van der Waals surface area contributed by atoms with Crippen molar-refractivity contribution in [3.63, 3.8) is 0 Å². The van der Waals surface area contributed by atoms with Gasteiger partial charge >= 0.3 is 0 Å². The highest BCUT2D eigenvalue weighted by Crippen LogP contribution is 2.04. The molecule has 0 saturated heterocycles. The van der Waals surface area contributed by atoms with Gasteiger partial charge in [-0.3, -0.25) is 4.99 Å². The minimum atomic E-state index is 0.669. The highest BCUT2D eigenvalue weighted by Gasteiger charge is 1.98. The fourth-order valence-electron chi connectivity index (χ4n) is 1.03. The second kappa shape index (κ2) is 7.23. The van der Waals surface area contributed by atoms with Crippen molar-refractivity contribution in [2.75, 3.05) is 0 Å². The quantitative estimate of drug-likeness (QED) is 0.404. The number of allylic oxidation sites excluding steroid dienone is 4. The average molecular weight is 222 g/mol. The zero-order valence-electron chi connectivity index (χ0n) is 9.87. The molecule has 0 N–H and O–H groups in total. The van der Waals surface area contributed by atoms with Crippen molar-refractivity contribution in [2.45, 2.75) is 34.1 Å². The lowest BCUT2D eigenvalue weighted by molar-refractivity contribution is 1.26. The van der Waals surface area contributed by atoms with Crippen molar-refractivity contribution < 1.29 is 0 Å². The summed E-state index contributed by atoms with van der Waals surface area (Å²) in [7, 11) is 0. The Morgan fingerprint density at radius 1 is 1.27 bits per heavy atom. The fourth-order valence-corrected chi connectivity index (χ4v) is 1.14. The molecule has 82 valence electrons. The number of nitrogens with zero attached hydrogens (tertiary/aromatic N) is 2. The van der Waals surface area contributed by atoms with Gasteiger partial charge in [-0.1, -0.05) is 25.2 Å². The van der Waals surface area contributed by atoms with E-state index in [1.54, 1.807) is 0 Å². The maximum atomic E-state index is 4.96. The van der Waals surface area contributed by atoms with E-state index in [1.165, 1.54) is 0 Å². The molecule has 0 aromatic carbocycles. The predicted octanol–water partition coefficient (Wildman–Crippen LogP) is 3.74. The third-order valence-corrected chi connectivity index (χ3v) is 2.00. The van der Waals surface area contributed by atoms with Crippen LogP contribution in [0, 0.1) is 0 Å². The van der Waals surface area contributed by atoms with Gasteiger partial charge in [0.1, 0.15) is 4.99 Å². The van der Waals surface area contributed by atoms with Gasteiger partial charge in [0.25, 0.3) is 0 Å². The maximum Gasteiger partial charge on any atom is 0.100 e. The topological polar surface area (TPSA) is 24.7 Å². The van der Waals surface area contributed by atoms with Gasteiger partial charge in [-0.05, 0) is 45.6 Å². The predicted molar refractivity (Wildman–Crippen MR) is 73.1 cm³/mol. The first-order valence-corrected chi connectivity index (χ1v) is 5.32. The van der Waals surface area contributed by atoms with E-state index in [-0.39, 0.29) is 0 Å². The molecule has 0 saturated carbocycles. The molecule has 0 rings (SSSR count). The SMILES string of the molecule is C=N/C(C)=C\C=C(C)C(CC)=NC(C)=S. The zero-order valence-corrected chi connectivity index (χ0v) is 10.7. The van der Waals surface area contributed by atoms with Crippen LogP contribution in [-0.4, -0.2) is 17.4 Å². The van der Waals surface area contributed by atoms with Gasteiger partial charge in [-0.15, -0.1) is 0 Å². The molecule has 0 fully saturated rings. The second-order valence-corrected chi connectivity index (χ2v) is 3.84. The van der Waals surface area contributed by atoms with Crippen LogP contribution in [0.4, 0.5) is 0 Å². The lowest BCUT2D eigenvalue weighted by Crippen LogP contribution is -2.00. The van der Waals surface area contributed by atoms with E-state index >= 15 is 0 Å². The molecule has 0 bridgehead atoms. The number of rotatable bonds is 4. The average Bonchev–Trinajstić information content (AvgIpc) is 2.21. The Morgan fingerprint density at radius 3 is 2.27 bits per heavy atom. The third kappa shape index (κ3) is 6.07. The molecule has 3 heteroatoms.